The summed E-state index contributed by atoms with van der Waals surface area (Å²) in [5.41, 5.74) is 1.06. The van der Waals surface area contributed by atoms with Crippen LogP contribution < -0.4 is 9.47 Å². The van der Waals surface area contributed by atoms with Gasteiger partial charge in [-0.25, -0.2) is 9.18 Å². The quantitative estimate of drug-likeness (QED) is 0.247. The Morgan fingerprint density at radius 3 is 2.10 bits per heavy atom. The number of carbonyl (C=O) groups excluding carboxylic acids is 2. The molecule has 0 radical (unpaired) electrons. The fourth-order valence-electron chi connectivity index (χ4n) is 2.60. The number of ether oxygens (including phenoxy) is 3. The van der Waals surface area contributed by atoms with Gasteiger partial charge < -0.3 is 14.2 Å². The van der Waals surface area contributed by atoms with Crippen molar-refractivity contribution in [3.63, 3.8) is 0 Å². The van der Waals surface area contributed by atoms with Gasteiger partial charge in [-0.05, 0) is 60.7 Å². The smallest absolute Gasteiger partial charge is 0.347 e. The van der Waals surface area contributed by atoms with Crippen molar-refractivity contribution in [3.8, 4) is 11.5 Å². The van der Waals surface area contributed by atoms with Crippen molar-refractivity contribution < 1.29 is 28.2 Å². The lowest BCUT2D eigenvalue weighted by atomic mass is 10.0. The van der Waals surface area contributed by atoms with Gasteiger partial charge in [0.2, 0.25) is 0 Å². The maximum Gasteiger partial charge on any atom is 0.347 e. The van der Waals surface area contributed by atoms with Crippen LogP contribution in [0.1, 0.15) is 26.3 Å². The topological polar surface area (TPSA) is 61.8 Å². The molecule has 0 fully saturated rings. The van der Waals surface area contributed by atoms with Gasteiger partial charge in [0.05, 0.1) is 6.61 Å². The number of hydrogen-bond donors (Lipinski definition) is 0. The third kappa shape index (κ3) is 5.27. The maximum absolute atomic E-state index is 13.0. The molecule has 0 aliphatic rings. The largest absolute Gasteiger partial charge is 0.490 e. The summed E-state index contributed by atoms with van der Waals surface area (Å²) in [4.78, 5) is 24.9. The van der Waals surface area contributed by atoms with Gasteiger partial charge in [0.1, 0.15) is 29.5 Å². The molecule has 0 aliphatic heterocycles. The molecule has 0 spiro atoms. The molecule has 0 unspecified atom stereocenters. The summed E-state index contributed by atoms with van der Waals surface area (Å²) in [5.74, 6) is -0.541. The zero-order valence-corrected chi connectivity index (χ0v) is 15.8. The van der Waals surface area contributed by atoms with Crippen LogP contribution in [0.4, 0.5) is 4.39 Å². The normalized spacial score (nSPS) is 10.4. The van der Waals surface area contributed by atoms with Crippen LogP contribution in [0.15, 0.2) is 72.8 Å². The highest BCUT2D eigenvalue weighted by atomic mass is 19.1. The minimum atomic E-state index is -0.573. The first kappa shape index (κ1) is 20.2. The van der Waals surface area contributed by atoms with E-state index in [1.54, 1.807) is 43.5 Å². The SMILES string of the molecule is COCCOc1ccccc1C(=O)Oc1ccc(C(=O)c2ccc(F)cc2)cc1. The second-order valence-electron chi connectivity index (χ2n) is 6.09. The van der Waals surface area contributed by atoms with Gasteiger partial charge in [0, 0.05) is 18.2 Å². The molecule has 0 aliphatic carbocycles. The van der Waals surface area contributed by atoms with Crippen LogP contribution in [-0.2, 0) is 4.74 Å². The van der Waals surface area contributed by atoms with Crippen LogP contribution in [0.3, 0.4) is 0 Å². The van der Waals surface area contributed by atoms with E-state index in [-0.39, 0.29) is 17.1 Å². The molecule has 0 atom stereocenters. The van der Waals surface area contributed by atoms with E-state index >= 15 is 0 Å². The predicted molar refractivity (Wildman–Crippen MR) is 105 cm³/mol. The van der Waals surface area contributed by atoms with Crippen LogP contribution in [0.5, 0.6) is 11.5 Å². The van der Waals surface area contributed by atoms with Crippen LogP contribution in [0, 0.1) is 5.82 Å². The zero-order valence-electron chi connectivity index (χ0n) is 15.8. The van der Waals surface area contributed by atoms with Gasteiger partial charge in [-0.2, -0.15) is 0 Å². The molecular formula is C23H19FO5. The van der Waals surface area contributed by atoms with E-state index in [9.17, 15) is 14.0 Å². The molecular weight excluding hydrogens is 375 g/mol. The Kier molecular flexibility index (Phi) is 6.71. The van der Waals surface area contributed by atoms with Crippen molar-refractivity contribution in [3.05, 3.63) is 95.3 Å². The lowest BCUT2D eigenvalue weighted by Crippen LogP contribution is -2.12. The summed E-state index contributed by atoms with van der Waals surface area (Å²) in [6.45, 7) is 0.702. The second-order valence-corrected chi connectivity index (χ2v) is 6.09. The third-order valence-corrected chi connectivity index (χ3v) is 4.09. The highest BCUT2D eigenvalue weighted by molar-refractivity contribution is 6.09. The van der Waals surface area contributed by atoms with E-state index in [0.29, 0.717) is 30.1 Å². The van der Waals surface area contributed by atoms with Crippen molar-refractivity contribution in [1.29, 1.82) is 0 Å². The number of rotatable bonds is 8. The Morgan fingerprint density at radius 2 is 1.45 bits per heavy atom. The number of ketones is 1. The highest BCUT2D eigenvalue weighted by Gasteiger charge is 2.15. The average molecular weight is 394 g/mol. The van der Waals surface area contributed by atoms with Gasteiger partial charge in [0.15, 0.2) is 5.78 Å². The number of benzene rings is 3. The molecule has 0 saturated carbocycles. The number of para-hydroxylation sites is 1. The molecule has 0 bridgehead atoms. The van der Waals surface area contributed by atoms with E-state index in [1.807, 2.05) is 0 Å². The zero-order chi connectivity index (χ0) is 20.6. The van der Waals surface area contributed by atoms with E-state index in [2.05, 4.69) is 0 Å². The first-order valence-corrected chi connectivity index (χ1v) is 8.92. The Labute approximate surface area is 167 Å². The van der Waals surface area contributed by atoms with Gasteiger partial charge in [-0.15, -0.1) is 0 Å². The van der Waals surface area contributed by atoms with Crippen molar-refractivity contribution >= 4 is 11.8 Å². The Bertz CT molecular complexity index is 981. The van der Waals surface area contributed by atoms with Gasteiger partial charge in [-0.1, -0.05) is 12.1 Å². The van der Waals surface area contributed by atoms with Gasteiger partial charge in [-0.3, -0.25) is 4.79 Å². The van der Waals surface area contributed by atoms with E-state index in [0.717, 1.165) is 0 Å². The van der Waals surface area contributed by atoms with Gasteiger partial charge in [0.25, 0.3) is 0 Å². The summed E-state index contributed by atoms with van der Waals surface area (Å²) < 4.78 is 28.9. The van der Waals surface area contributed by atoms with Crippen LogP contribution in [-0.4, -0.2) is 32.1 Å². The Balaban J connectivity index is 1.69. The van der Waals surface area contributed by atoms with Crippen molar-refractivity contribution in [1.82, 2.24) is 0 Å². The van der Waals surface area contributed by atoms with Crippen LogP contribution >= 0.6 is 0 Å². The molecule has 5 nitrogen and oxygen atoms in total. The van der Waals surface area contributed by atoms with Crippen LogP contribution in [0.2, 0.25) is 0 Å². The Morgan fingerprint density at radius 1 is 0.828 bits per heavy atom. The number of halogens is 1. The van der Waals surface area contributed by atoms with E-state index < -0.39 is 11.8 Å². The predicted octanol–water partition coefficient (Wildman–Crippen LogP) is 4.30. The average Bonchev–Trinajstić information content (AvgIpc) is 2.75. The lowest BCUT2D eigenvalue weighted by Gasteiger charge is -2.11. The minimum absolute atomic E-state index is 0.250. The van der Waals surface area contributed by atoms with Crippen LogP contribution in [0.25, 0.3) is 0 Å². The molecule has 0 amide bonds. The first-order valence-electron chi connectivity index (χ1n) is 8.92. The molecule has 6 heteroatoms. The molecule has 0 saturated heterocycles. The fraction of sp³-hybridized carbons (Fsp3) is 0.130. The van der Waals surface area contributed by atoms with Crippen molar-refractivity contribution in [2.45, 2.75) is 0 Å². The second kappa shape index (κ2) is 9.61. The molecule has 3 aromatic carbocycles. The molecule has 0 aromatic heterocycles. The fourth-order valence-corrected chi connectivity index (χ4v) is 2.60. The highest BCUT2D eigenvalue weighted by Crippen LogP contribution is 2.22. The van der Waals surface area contributed by atoms with Gasteiger partial charge >= 0.3 is 5.97 Å². The molecule has 3 aromatic rings. The number of hydrogen-bond acceptors (Lipinski definition) is 5. The monoisotopic (exact) mass is 394 g/mol. The lowest BCUT2D eigenvalue weighted by molar-refractivity contribution is 0.0727. The summed E-state index contributed by atoms with van der Waals surface area (Å²) in [7, 11) is 1.56. The maximum atomic E-state index is 13.0. The summed E-state index contributed by atoms with van der Waals surface area (Å²) >= 11 is 0. The number of esters is 1. The summed E-state index contributed by atoms with van der Waals surface area (Å²) in [6, 6.07) is 18.2. The molecule has 0 heterocycles. The molecule has 3 rings (SSSR count). The van der Waals surface area contributed by atoms with Crippen molar-refractivity contribution in [2.75, 3.05) is 20.3 Å². The van der Waals surface area contributed by atoms with E-state index in [1.165, 1.54) is 36.4 Å². The minimum Gasteiger partial charge on any atom is -0.490 e. The summed E-state index contributed by atoms with van der Waals surface area (Å²) in [6.07, 6.45) is 0. The van der Waals surface area contributed by atoms with E-state index in [4.69, 9.17) is 14.2 Å². The first-order chi connectivity index (χ1) is 14.1. The summed E-state index contributed by atoms with van der Waals surface area (Å²) in [5, 5.41) is 0. The molecule has 29 heavy (non-hydrogen) atoms. The molecule has 0 N–H and O–H groups in total. The standard InChI is InChI=1S/C23H19FO5/c1-27-14-15-28-21-5-3-2-4-20(21)23(26)29-19-12-8-17(9-13-19)22(25)16-6-10-18(24)11-7-16/h2-13H,14-15H2,1H3. The number of carbonyl (C=O) groups is 2. The number of methoxy groups -OCH3 is 1. The third-order valence-electron chi connectivity index (χ3n) is 4.09. The molecule has 148 valence electrons. The van der Waals surface area contributed by atoms with Crippen molar-refractivity contribution in [2.24, 2.45) is 0 Å². The Hall–Kier alpha value is -3.51.